The summed E-state index contributed by atoms with van der Waals surface area (Å²) in [5, 5.41) is 3.13. The summed E-state index contributed by atoms with van der Waals surface area (Å²) in [6, 6.07) is 10.3. The summed E-state index contributed by atoms with van der Waals surface area (Å²) in [6.07, 6.45) is 3.76. The lowest BCUT2D eigenvalue weighted by Crippen LogP contribution is -1.93. The molecule has 3 aromatic rings. The summed E-state index contributed by atoms with van der Waals surface area (Å²) in [6.45, 7) is 4.39. The van der Waals surface area contributed by atoms with Crippen LogP contribution in [0, 0.1) is 0 Å². The van der Waals surface area contributed by atoms with Gasteiger partial charge < -0.3 is 0 Å². The molecule has 2 aromatic heterocycles. The van der Waals surface area contributed by atoms with E-state index in [-0.39, 0.29) is 0 Å². The van der Waals surface area contributed by atoms with Crippen molar-refractivity contribution in [3.05, 3.63) is 58.1 Å². The predicted molar refractivity (Wildman–Crippen MR) is 92.6 cm³/mol. The van der Waals surface area contributed by atoms with E-state index in [0.29, 0.717) is 5.92 Å². The third-order valence-electron chi connectivity index (χ3n) is 3.33. The summed E-state index contributed by atoms with van der Waals surface area (Å²) in [7, 11) is 0. The zero-order chi connectivity index (χ0) is 14.8. The van der Waals surface area contributed by atoms with Crippen molar-refractivity contribution in [2.75, 3.05) is 0 Å². The summed E-state index contributed by atoms with van der Waals surface area (Å²) >= 11 is 5.18. The van der Waals surface area contributed by atoms with Crippen LogP contribution >= 0.6 is 27.3 Å². The molecule has 0 aliphatic rings. The molecule has 0 aliphatic carbocycles. The van der Waals surface area contributed by atoms with E-state index < -0.39 is 0 Å². The van der Waals surface area contributed by atoms with E-state index in [4.69, 9.17) is 4.98 Å². The van der Waals surface area contributed by atoms with Crippen molar-refractivity contribution < 1.29 is 0 Å². The molecule has 0 bridgehead atoms. The predicted octanol–water partition coefficient (Wildman–Crippen LogP) is 5.76. The van der Waals surface area contributed by atoms with Gasteiger partial charge >= 0.3 is 0 Å². The highest BCUT2D eigenvalue weighted by atomic mass is 79.9. The van der Waals surface area contributed by atoms with Crippen molar-refractivity contribution in [3.8, 4) is 21.8 Å². The molecule has 0 amide bonds. The lowest BCUT2D eigenvalue weighted by Gasteiger charge is -2.09. The lowest BCUT2D eigenvalue weighted by atomic mass is 10.00. The van der Waals surface area contributed by atoms with Crippen LogP contribution in [-0.2, 0) is 0 Å². The number of halogens is 1. The second kappa shape index (κ2) is 6.08. The van der Waals surface area contributed by atoms with Crippen molar-refractivity contribution in [1.29, 1.82) is 0 Å². The number of hydrogen-bond acceptors (Lipinski definition) is 3. The molecule has 0 aliphatic heterocycles. The van der Waals surface area contributed by atoms with Crippen LogP contribution in [0.1, 0.15) is 25.3 Å². The van der Waals surface area contributed by atoms with Crippen LogP contribution in [0.15, 0.2) is 52.6 Å². The summed E-state index contributed by atoms with van der Waals surface area (Å²) in [5.41, 5.74) is 4.57. The largest absolute Gasteiger partial charge is 0.264 e. The van der Waals surface area contributed by atoms with Gasteiger partial charge in [-0.25, -0.2) is 4.98 Å². The van der Waals surface area contributed by atoms with Crippen LogP contribution in [-0.4, -0.2) is 9.97 Å². The van der Waals surface area contributed by atoms with Crippen molar-refractivity contribution in [2.24, 2.45) is 0 Å². The number of aromatic nitrogens is 2. The Morgan fingerprint density at radius 1 is 1.19 bits per heavy atom. The fourth-order valence-corrected chi connectivity index (χ4v) is 3.53. The van der Waals surface area contributed by atoms with Crippen molar-refractivity contribution >= 4 is 27.3 Å². The van der Waals surface area contributed by atoms with Crippen LogP contribution in [0.25, 0.3) is 21.8 Å². The Balaban J connectivity index is 2.03. The van der Waals surface area contributed by atoms with E-state index in [1.54, 1.807) is 11.3 Å². The maximum atomic E-state index is 4.79. The molecule has 0 unspecified atom stereocenters. The molecule has 0 spiro atoms. The van der Waals surface area contributed by atoms with Gasteiger partial charge in [-0.3, -0.25) is 4.98 Å². The Morgan fingerprint density at radius 2 is 2.05 bits per heavy atom. The first-order chi connectivity index (χ1) is 10.1. The number of rotatable bonds is 3. The Morgan fingerprint density at radius 3 is 2.81 bits per heavy atom. The van der Waals surface area contributed by atoms with Gasteiger partial charge in [-0.2, -0.15) is 0 Å². The standard InChI is InChI=1S/C17H15BrN2S/c1-11(2)14-6-7-19-9-15(14)17-20-16(10-21-17)12-4-3-5-13(18)8-12/h3-11H,1-2H3. The number of benzene rings is 1. The Hall–Kier alpha value is -1.52. The van der Waals surface area contributed by atoms with Gasteiger partial charge in [0.1, 0.15) is 5.01 Å². The average Bonchev–Trinajstić information content (AvgIpc) is 2.97. The average molecular weight is 359 g/mol. The monoisotopic (exact) mass is 358 g/mol. The summed E-state index contributed by atoms with van der Waals surface area (Å²) in [5.74, 6) is 0.459. The van der Waals surface area contributed by atoms with Crippen LogP contribution < -0.4 is 0 Å². The Kier molecular flexibility index (Phi) is 4.17. The first kappa shape index (κ1) is 14.4. The minimum atomic E-state index is 0.459. The van der Waals surface area contributed by atoms with E-state index in [2.05, 4.69) is 58.3 Å². The fraction of sp³-hybridized carbons (Fsp3) is 0.176. The second-order valence-electron chi connectivity index (χ2n) is 5.17. The van der Waals surface area contributed by atoms with E-state index in [9.17, 15) is 0 Å². The van der Waals surface area contributed by atoms with Gasteiger partial charge in [0.2, 0.25) is 0 Å². The third-order valence-corrected chi connectivity index (χ3v) is 4.70. The molecule has 1 aromatic carbocycles. The molecule has 0 atom stereocenters. The molecule has 2 nitrogen and oxygen atoms in total. The minimum absolute atomic E-state index is 0.459. The van der Waals surface area contributed by atoms with E-state index in [0.717, 1.165) is 26.3 Å². The maximum Gasteiger partial charge on any atom is 0.125 e. The highest BCUT2D eigenvalue weighted by Gasteiger charge is 2.12. The van der Waals surface area contributed by atoms with Gasteiger partial charge in [0.05, 0.1) is 5.69 Å². The van der Waals surface area contributed by atoms with Gasteiger partial charge in [0.15, 0.2) is 0 Å². The molecule has 0 N–H and O–H groups in total. The molecular weight excluding hydrogens is 344 g/mol. The zero-order valence-corrected chi connectivity index (χ0v) is 14.3. The van der Waals surface area contributed by atoms with Gasteiger partial charge in [-0.05, 0) is 29.7 Å². The smallest absolute Gasteiger partial charge is 0.125 e. The number of pyridine rings is 1. The molecule has 0 radical (unpaired) electrons. The van der Waals surface area contributed by atoms with Crippen LogP contribution in [0.4, 0.5) is 0 Å². The normalized spacial score (nSPS) is 11.0. The molecule has 0 saturated heterocycles. The topological polar surface area (TPSA) is 25.8 Å². The van der Waals surface area contributed by atoms with Crippen molar-refractivity contribution in [3.63, 3.8) is 0 Å². The first-order valence-electron chi connectivity index (χ1n) is 6.81. The number of hydrogen-bond donors (Lipinski definition) is 0. The van der Waals surface area contributed by atoms with Crippen LogP contribution in [0.2, 0.25) is 0 Å². The summed E-state index contributed by atoms with van der Waals surface area (Å²) < 4.78 is 1.07. The minimum Gasteiger partial charge on any atom is -0.264 e. The van der Waals surface area contributed by atoms with Gasteiger partial charge in [0, 0.05) is 33.4 Å². The highest BCUT2D eigenvalue weighted by molar-refractivity contribution is 9.10. The molecule has 4 heteroatoms. The molecule has 0 fully saturated rings. The zero-order valence-electron chi connectivity index (χ0n) is 11.9. The quantitative estimate of drug-likeness (QED) is 0.594. The molecule has 106 valence electrons. The molecule has 2 heterocycles. The number of nitrogens with zero attached hydrogens (tertiary/aromatic N) is 2. The molecular formula is C17H15BrN2S. The SMILES string of the molecule is CC(C)c1ccncc1-c1nc(-c2cccc(Br)c2)cs1. The third kappa shape index (κ3) is 3.06. The first-order valence-corrected chi connectivity index (χ1v) is 8.48. The van der Waals surface area contributed by atoms with Gasteiger partial charge in [-0.1, -0.05) is 41.9 Å². The molecule has 0 saturated carbocycles. The van der Waals surface area contributed by atoms with E-state index in [1.807, 2.05) is 24.5 Å². The summed E-state index contributed by atoms with van der Waals surface area (Å²) in [4.78, 5) is 9.05. The maximum absolute atomic E-state index is 4.79. The van der Waals surface area contributed by atoms with Crippen LogP contribution in [0.5, 0.6) is 0 Å². The molecule has 3 rings (SSSR count). The van der Waals surface area contributed by atoms with Gasteiger partial charge in [-0.15, -0.1) is 11.3 Å². The number of thiazole rings is 1. The lowest BCUT2D eigenvalue weighted by molar-refractivity contribution is 0.865. The fourth-order valence-electron chi connectivity index (χ4n) is 2.27. The Bertz CT molecular complexity index is 765. The van der Waals surface area contributed by atoms with Crippen LogP contribution in [0.3, 0.4) is 0 Å². The Labute approximate surface area is 137 Å². The second-order valence-corrected chi connectivity index (χ2v) is 6.94. The molecule has 21 heavy (non-hydrogen) atoms. The van der Waals surface area contributed by atoms with E-state index in [1.165, 1.54) is 5.56 Å². The van der Waals surface area contributed by atoms with Crippen molar-refractivity contribution in [2.45, 2.75) is 19.8 Å². The highest BCUT2D eigenvalue weighted by Crippen LogP contribution is 2.33. The van der Waals surface area contributed by atoms with E-state index >= 15 is 0 Å². The van der Waals surface area contributed by atoms with Crippen molar-refractivity contribution in [1.82, 2.24) is 9.97 Å². The van der Waals surface area contributed by atoms with Gasteiger partial charge in [0.25, 0.3) is 0 Å².